The number of anilines is 1. The van der Waals surface area contributed by atoms with Gasteiger partial charge in [-0.2, -0.15) is 4.40 Å². The van der Waals surface area contributed by atoms with Crippen LogP contribution in [0.4, 0.5) is 5.82 Å². The molecule has 0 atom stereocenters. The molecule has 0 amide bonds. The lowest BCUT2D eigenvalue weighted by Gasteiger charge is -2.03. The van der Waals surface area contributed by atoms with Crippen molar-refractivity contribution in [1.29, 1.82) is 0 Å². The van der Waals surface area contributed by atoms with Crippen LogP contribution in [0.5, 0.6) is 0 Å². The number of hydrogen-bond acceptors (Lipinski definition) is 5. The summed E-state index contributed by atoms with van der Waals surface area (Å²) in [7, 11) is 0. The van der Waals surface area contributed by atoms with Crippen molar-refractivity contribution in [2.24, 2.45) is 0 Å². The van der Waals surface area contributed by atoms with Crippen LogP contribution in [0.25, 0.3) is 10.8 Å². The van der Waals surface area contributed by atoms with E-state index in [0.717, 1.165) is 0 Å². The van der Waals surface area contributed by atoms with E-state index in [0.29, 0.717) is 8.80 Å². The Morgan fingerprint density at radius 3 is 1.95 bits per heavy atom. The summed E-state index contributed by atoms with van der Waals surface area (Å²) in [6, 6.07) is 5.96. The molecule has 0 aliphatic heterocycles. The van der Waals surface area contributed by atoms with Gasteiger partial charge in [0.05, 0.1) is 16.3 Å². The maximum Gasteiger partial charge on any atom is 0.347 e. The highest BCUT2D eigenvalue weighted by molar-refractivity contribution is 5.80. The molecule has 3 rings (SSSR count). The Labute approximate surface area is 116 Å². The summed E-state index contributed by atoms with van der Waals surface area (Å²) < 4.78 is 1.16. The molecule has 0 unspecified atom stereocenters. The first-order valence-electron chi connectivity index (χ1n) is 6.33. The van der Waals surface area contributed by atoms with Crippen molar-refractivity contribution in [3.8, 4) is 0 Å². The zero-order valence-corrected chi connectivity index (χ0v) is 11.1. The van der Waals surface area contributed by atoms with Gasteiger partial charge in [-0.15, -0.1) is 0 Å². The first-order chi connectivity index (χ1) is 9.99. The summed E-state index contributed by atoms with van der Waals surface area (Å²) in [5, 5.41) is 0.0586. The molecule has 2 bridgehead atoms. The largest absolute Gasteiger partial charge is 0.384 e. The predicted octanol–water partition coefficient (Wildman–Crippen LogP) is -0.785. The van der Waals surface area contributed by atoms with E-state index in [-0.39, 0.29) is 28.6 Å². The molecule has 7 heteroatoms. The fourth-order valence-electron chi connectivity index (χ4n) is 2.47. The van der Waals surface area contributed by atoms with Gasteiger partial charge >= 0.3 is 5.69 Å². The molecule has 0 saturated heterocycles. The van der Waals surface area contributed by atoms with E-state index >= 15 is 0 Å². The molecule has 0 aliphatic rings. The Kier molecular flexibility index (Phi) is 2.65. The summed E-state index contributed by atoms with van der Waals surface area (Å²) in [6.45, 7) is 1.66. The lowest BCUT2D eigenvalue weighted by atomic mass is 10.2. The number of nitrogen functional groups attached to an aromatic ring is 1. The Balaban J connectivity index is 2.97. The van der Waals surface area contributed by atoms with E-state index in [1.165, 1.54) is 12.1 Å². The average Bonchev–Trinajstić information content (AvgIpc) is 2.53. The fraction of sp³-hybridized carbons (Fsp3) is 0.143. The third-order valence-corrected chi connectivity index (χ3v) is 3.54. The Morgan fingerprint density at radius 2 is 1.43 bits per heavy atom. The van der Waals surface area contributed by atoms with Gasteiger partial charge < -0.3 is 5.73 Å². The van der Waals surface area contributed by atoms with Gasteiger partial charge in [-0.3, -0.25) is 14.4 Å². The quantitative estimate of drug-likeness (QED) is 0.631. The molecule has 2 N–H and O–H groups in total. The molecule has 1 aromatic carbocycles. The minimum absolute atomic E-state index is 0.0110. The Bertz CT molecular complexity index is 1110. The molecule has 3 aromatic rings. The normalized spacial score (nSPS) is 11.3. The second-order valence-electron chi connectivity index (χ2n) is 4.63. The van der Waals surface area contributed by atoms with Crippen LogP contribution >= 0.6 is 0 Å². The molecule has 0 spiro atoms. The second kappa shape index (κ2) is 4.27. The van der Waals surface area contributed by atoms with E-state index in [1.54, 1.807) is 19.1 Å². The monoisotopic (exact) mass is 285 g/mol. The number of rotatable bonds is 1. The minimum atomic E-state index is -1.03. The zero-order chi connectivity index (χ0) is 15.3. The van der Waals surface area contributed by atoms with Gasteiger partial charge in [-0.05, 0) is 18.6 Å². The summed E-state index contributed by atoms with van der Waals surface area (Å²) in [5.41, 5.74) is 2.55. The molecule has 0 aliphatic carbocycles. The fourth-order valence-corrected chi connectivity index (χ4v) is 2.47. The van der Waals surface area contributed by atoms with Crippen LogP contribution < -0.4 is 28.1 Å². The van der Waals surface area contributed by atoms with Gasteiger partial charge in [-0.25, -0.2) is 9.20 Å². The SMILES string of the molecule is CCc1c(N)n2c(=O)c3ccccc3c(=O)n(c1=O)c2=O. The third kappa shape index (κ3) is 1.54. The number of nitrogens with zero attached hydrogens (tertiary/aromatic N) is 2. The van der Waals surface area contributed by atoms with E-state index in [2.05, 4.69) is 0 Å². The van der Waals surface area contributed by atoms with E-state index in [1.807, 2.05) is 0 Å². The van der Waals surface area contributed by atoms with Crippen molar-refractivity contribution >= 4 is 16.6 Å². The van der Waals surface area contributed by atoms with Gasteiger partial charge in [0.25, 0.3) is 16.7 Å². The summed E-state index contributed by atoms with van der Waals surface area (Å²) in [4.78, 5) is 49.5. The number of aromatic nitrogens is 2. The van der Waals surface area contributed by atoms with Crippen molar-refractivity contribution in [3.05, 3.63) is 71.4 Å². The summed E-state index contributed by atoms with van der Waals surface area (Å²) in [6.07, 6.45) is 0.210. The highest BCUT2D eigenvalue weighted by Gasteiger charge is 2.18. The van der Waals surface area contributed by atoms with Crippen LogP contribution in [-0.4, -0.2) is 8.80 Å². The molecule has 7 nitrogen and oxygen atoms in total. The highest BCUT2D eigenvalue weighted by atomic mass is 16.2. The second-order valence-corrected chi connectivity index (χ2v) is 4.63. The van der Waals surface area contributed by atoms with Crippen molar-refractivity contribution in [2.45, 2.75) is 13.3 Å². The van der Waals surface area contributed by atoms with Crippen LogP contribution in [-0.2, 0) is 6.42 Å². The van der Waals surface area contributed by atoms with E-state index in [9.17, 15) is 19.2 Å². The van der Waals surface area contributed by atoms with Crippen LogP contribution in [0.1, 0.15) is 12.5 Å². The Morgan fingerprint density at radius 1 is 0.905 bits per heavy atom. The smallest absolute Gasteiger partial charge is 0.347 e. The van der Waals surface area contributed by atoms with E-state index in [4.69, 9.17) is 5.73 Å². The molecule has 106 valence electrons. The first kappa shape index (κ1) is 13.0. The lowest BCUT2D eigenvalue weighted by molar-refractivity contribution is 0.815. The minimum Gasteiger partial charge on any atom is -0.384 e. The first-order valence-corrected chi connectivity index (χ1v) is 6.33. The Hall–Kier alpha value is -2.96. The molecule has 21 heavy (non-hydrogen) atoms. The third-order valence-electron chi connectivity index (χ3n) is 3.54. The predicted molar refractivity (Wildman–Crippen MR) is 78.4 cm³/mol. The molecule has 0 radical (unpaired) electrons. The average molecular weight is 285 g/mol. The maximum atomic E-state index is 12.5. The zero-order valence-electron chi connectivity index (χ0n) is 11.1. The van der Waals surface area contributed by atoms with Gasteiger partial charge in [0, 0.05) is 0 Å². The van der Waals surface area contributed by atoms with Gasteiger partial charge in [0.2, 0.25) is 0 Å². The van der Waals surface area contributed by atoms with Gasteiger partial charge in [0.15, 0.2) is 0 Å². The van der Waals surface area contributed by atoms with Crippen molar-refractivity contribution in [2.75, 3.05) is 5.73 Å². The molecule has 2 aromatic heterocycles. The highest BCUT2D eigenvalue weighted by Crippen LogP contribution is 2.05. The standard InChI is InChI=1S/C14H11N3O4/c1-2-7-10(15)16-12(19)8-5-3-4-6-9(8)13(20)17(11(7)18)14(16)21/h3-6H,2,15H2,1H3. The van der Waals surface area contributed by atoms with Crippen LogP contribution in [0, 0.1) is 0 Å². The number of benzene rings is 1. The number of fused-ring (bicyclic) bond motifs is 3. The maximum absolute atomic E-state index is 12.5. The summed E-state index contributed by atoms with van der Waals surface area (Å²) in [5.74, 6) is -0.210. The topological polar surface area (TPSA) is 103 Å². The molecular weight excluding hydrogens is 274 g/mol. The van der Waals surface area contributed by atoms with Crippen molar-refractivity contribution in [1.82, 2.24) is 8.80 Å². The number of hydrogen-bond donors (Lipinski definition) is 1. The van der Waals surface area contributed by atoms with Gasteiger partial charge in [0.1, 0.15) is 5.82 Å². The molecule has 0 fully saturated rings. The molecule has 2 heterocycles. The van der Waals surface area contributed by atoms with Crippen molar-refractivity contribution < 1.29 is 0 Å². The molecule has 0 saturated carbocycles. The van der Waals surface area contributed by atoms with Gasteiger partial charge in [-0.1, -0.05) is 19.1 Å². The summed E-state index contributed by atoms with van der Waals surface area (Å²) >= 11 is 0. The van der Waals surface area contributed by atoms with Crippen LogP contribution in [0.15, 0.2) is 43.4 Å². The van der Waals surface area contributed by atoms with Crippen molar-refractivity contribution in [3.63, 3.8) is 0 Å². The lowest BCUT2D eigenvalue weighted by Crippen LogP contribution is -2.43. The van der Waals surface area contributed by atoms with Crippen LogP contribution in [0.3, 0.4) is 0 Å². The van der Waals surface area contributed by atoms with E-state index < -0.39 is 22.4 Å². The number of nitrogens with two attached hydrogens (primary N) is 1. The van der Waals surface area contributed by atoms with Crippen LogP contribution in [0.2, 0.25) is 0 Å². The molecular formula is C14H11N3O4.